The lowest BCUT2D eigenvalue weighted by Gasteiger charge is -2.32. The Morgan fingerprint density at radius 2 is 1.87 bits per heavy atom. The number of nitrogen functional groups attached to an aromatic ring is 1. The van der Waals surface area contributed by atoms with Gasteiger partial charge in [0.05, 0.1) is 39.2 Å². The first kappa shape index (κ1) is 22.5. The molecule has 2 aromatic rings. The van der Waals surface area contributed by atoms with Gasteiger partial charge in [-0.2, -0.15) is 4.98 Å². The topological polar surface area (TPSA) is 155 Å². The highest BCUT2D eigenvalue weighted by molar-refractivity contribution is 6.05. The fourth-order valence-electron chi connectivity index (χ4n) is 3.56. The van der Waals surface area contributed by atoms with E-state index in [9.17, 15) is 24.2 Å². The Bertz CT molecular complexity index is 1070. The first-order valence-corrected chi connectivity index (χ1v) is 9.06. The van der Waals surface area contributed by atoms with Crippen molar-refractivity contribution in [2.75, 3.05) is 27.1 Å². The number of nitrogens with zero attached hydrogens (tertiary/aromatic N) is 2. The van der Waals surface area contributed by atoms with Gasteiger partial charge in [0, 0.05) is 0 Å². The fraction of sp³-hybridized carbons (Fsp3) is 0.421. The van der Waals surface area contributed by atoms with Crippen LogP contribution < -0.4 is 25.6 Å². The van der Waals surface area contributed by atoms with E-state index < -0.39 is 47.1 Å². The summed E-state index contributed by atoms with van der Waals surface area (Å²) >= 11 is 0. The van der Waals surface area contributed by atoms with Crippen molar-refractivity contribution in [3.63, 3.8) is 0 Å². The number of ether oxygens (including phenoxy) is 4. The van der Waals surface area contributed by atoms with Crippen LogP contribution in [0.25, 0.3) is 0 Å². The average molecular weight is 439 g/mol. The monoisotopic (exact) mass is 439 g/mol. The van der Waals surface area contributed by atoms with Gasteiger partial charge >= 0.3 is 5.69 Å². The molecule has 0 amide bonds. The Hall–Kier alpha value is -3.22. The number of aliphatic hydroxyl groups is 2. The third-order valence-electron chi connectivity index (χ3n) is 5.11. The maximum Gasteiger partial charge on any atom is 0.352 e. The van der Waals surface area contributed by atoms with Crippen molar-refractivity contribution in [2.24, 2.45) is 0 Å². The molecule has 11 nitrogen and oxygen atoms in total. The molecule has 0 saturated carbocycles. The summed E-state index contributed by atoms with van der Waals surface area (Å²) in [5.74, 6) is -2.64. The van der Waals surface area contributed by atoms with Crippen molar-refractivity contribution < 1.29 is 38.3 Å². The highest BCUT2D eigenvalue weighted by atomic mass is 19.1. The first-order valence-electron chi connectivity index (χ1n) is 9.06. The van der Waals surface area contributed by atoms with Crippen LogP contribution in [0.3, 0.4) is 0 Å². The molecule has 1 aliphatic rings. The highest BCUT2D eigenvalue weighted by Gasteiger charge is 2.60. The third-order valence-corrected chi connectivity index (χ3v) is 5.11. The van der Waals surface area contributed by atoms with Crippen LogP contribution in [0.4, 0.5) is 10.2 Å². The molecule has 0 radical (unpaired) electrons. The van der Waals surface area contributed by atoms with Crippen molar-refractivity contribution in [2.45, 2.75) is 31.0 Å². The molecule has 0 bridgehead atoms. The van der Waals surface area contributed by atoms with Gasteiger partial charge in [0.1, 0.15) is 12.2 Å². The number of aromatic nitrogens is 2. The van der Waals surface area contributed by atoms with Crippen LogP contribution >= 0.6 is 0 Å². The summed E-state index contributed by atoms with van der Waals surface area (Å²) in [5, 5.41) is 21.1. The van der Waals surface area contributed by atoms with E-state index in [2.05, 4.69) is 4.98 Å². The molecule has 168 valence electrons. The molecule has 12 heteroatoms. The quantitative estimate of drug-likeness (QED) is 0.509. The third kappa shape index (κ3) is 3.28. The smallest absolute Gasteiger partial charge is 0.352 e. The molecule has 2 heterocycles. The molecule has 0 aliphatic carbocycles. The lowest BCUT2D eigenvalue weighted by Crippen LogP contribution is -2.56. The standard InChI is InChI=1S/C19H22FN3O8/c1-8-12(24)16(26)19(31-8,23-7-10(20)17(21)22-18(23)27)15(25)9-5-6-11(28-2)14(30-4)13(9)29-3/h5-8,12,16,24,26H,1-4H3,(H2,21,22,27)/t8-,12-,16-,19-/m1/s1. The van der Waals surface area contributed by atoms with E-state index in [0.29, 0.717) is 10.8 Å². The van der Waals surface area contributed by atoms with E-state index in [1.807, 2.05) is 0 Å². The summed E-state index contributed by atoms with van der Waals surface area (Å²) < 4.78 is 36.1. The van der Waals surface area contributed by atoms with E-state index in [4.69, 9.17) is 24.7 Å². The van der Waals surface area contributed by atoms with Gasteiger partial charge < -0.3 is 34.9 Å². The van der Waals surface area contributed by atoms with Gasteiger partial charge in [-0.25, -0.2) is 9.18 Å². The summed E-state index contributed by atoms with van der Waals surface area (Å²) in [6.45, 7) is 1.38. The molecule has 0 unspecified atom stereocenters. The number of carbonyl (C=O) groups is 1. The maximum atomic E-state index is 14.2. The van der Waals surface area contributed by atoms with Crippen molar-refractivity contribution in [1.82, 2.24) is 9.55 Å². The Balaban J connectivity index is 2.33. The number of nitrogens with two attached hydrogens (primary N) is 1. The molecule has 1 saturated heterocycles. The Labute approximate surface area is 175 Å². The zero-order valence-corrected chi connectivity index (χ0v) is 17.2. The van der Waals surface area contributed by atoms with Crippen molar-refractivity contribution in [3.8, 4) is 17.2 Å². The minimum atomic E-state index is -2.57. The van der Waals surface area contributed by atoms with Gasteiger partial charge in [-0.3, -0.25) is 9.36 Å². The van der Waals surface area contributed by atoms with Crippen LogP contribution in [0.5, 0.6) is 17.2 Å². The SMILES string of the molecule is COc1ccc(C(=O)[C@@]2(n3cc(F)c(N)nc3=O)O[C@H](C)[C@@H](O)[C@H]2O)c(OC)c1OC. The molecule has 31 heavy (non-hydrogen) atoms. The fourth-order valence-corrected chi connectivity index (χ4v) is 3.56. The van der Waals surface area contributed by atoms with Gasteiger partial charge in [-0.15, -0.1) is 0 Å². The van der Waals surface area contributed by atoms with Crippen molar-refractivity contribution in [1.29, 1.82) is 0 Å². The number of methoxy groups -OCH3 is 3. The second-order valence-corrected chi connectivity index (χ2v) is 6.79. The van der Waals surface area contributed by atoms with E-state index in [-0.39, 0.29) is 22.8 Å². The first-order chi connectivity index (χ1) is 14.6. The molecular weight excluding hydrogens is 417 g/mol. The van der Waals surface area contributed by atoms with E-state index >= 15 is 0 Å². The number of hydrogen-bond acceptors (Lipinski definition) is 10. The van der Waals surface area contributed by atoms with Crippen LogP contribution in [-0.2, 0) is 10.5 Å². The zero-order chi connectivity index (χ0) is 23.1. The van der Waals surface area contributed by atoms with Crippen LogP contribution in [-0.4, -0.2) is 65.2 Å². The molecule has 1 fully saturated rings. The van der Waals surface area contributed by atoms with Crippen molar-refractivity contribution in [3.05, 3.63) is 40.2 Å². The molecule has 4 atom stereocenters. The minimum absolute atomic E-state index is 0.0565. The highest BCUT2D eigenvalue weighted by Crippen LogP contribution is 2.44. The van der Waals surface area contributed by atoms with Gasteiger partial charge in [0.2, 0.25) is 17.3 Å². The van der Waals surface area contributed by atoms with Gasteiger partial charge in [0.25, 0.3) is 0 Å². The number of carbonyl (C=O) groups excluding carboxylic acids is 1. The Kier molecular flexibility index (Phi) is 5.89. The van der Waals surface area contributed by atoms with Crippen molar-refractivity contribution >= 4 is 11.6 Å². The largest absolute Gasteiger partial charge is 0.493 e. The molecule has 1 aliphatic heterocycles. The summed E-state index contributed by atoms with van der Waals surface area (Å²) in [6, 6.07) is 2.69. The summed E-state index contributed by atoms with van der Waals surface area (Å²) in [5.41, 5.74) is 1.41. The molecule has 0 spiro atoms. The lowest BCUT2D eigenvalue weighted by atomic mass is 9.92. The van der Waals surface area contributed by atoms with E-state index in [1.165, 1.54) is 40.4 Å². The van der Waals surface area contributed by atoms with Crippen LogP contribution in [0.15, 0.2) is 23.1 Å². The number of Topliss-reactive ketones (excluding diaryl/α,β-unsaturated/α-hetero) is 1. The number of anilines is 1. The number of aliphatic hydroxyl groups excluding tert-OH is 2. The Morgan fingerprint density at radius 1 is 1.23 bits per heavy atom. The van der Waals surface area contributed by atoms with Gasteiger partial charge in [-0.1, -0.05) is 0 Å². The molecule has 1 aromatic heterocycles. The number of halogens is 1. The van der Waals surface area contributed by atoms with E-state index in [0.717, 1.165) is 0 Å². The van der Waals surface area contributed by atoms with Crippen LogP contribution in [0, 0.1) is 5.82 Å². The second kappa shape index (κ2) is 8.13. The van der Waals surface area contributed by atoms with Gasteiger partial charge in [-0.05, 0) is 19.1 Å². The predicted molar refractivity (Wildman–Crippen MR) is 104 cm³/mol. The predicted octanol–water partition coefficient (Wildman–Crippen LogP) is -0.333. The lowest BCUT2D eigenvalue weighted by molar-refractivity contribution is -0.108. The summed E-state index contributed by atoms with van der Waals surface area (Å²) in [7, 11) is 3.96. The van der Waals surface area contributed by atoms with Gasteiger partial charge in [0.15, 0.2) is 23.1 Å². The molecule has 3 rings (SSSR count). The summed E-state index contributed by atoms with van der Waals surface area (Å²) in [6.07, 6.45) is -4.06. The normalized spacial score (nSPS) is 25.3. The Morgan fingerprint density at radius 3 is 2.39 bits per heavy atom. The second-order valence-electron chi connectivity index (χ2n) is 6.79. The minimum Gasteiger partial charge on any atom is -0.493 e. The average Bonchev–Trinajstić information content (AvgIpc) is 2.99. The zero-order valence-electron chi connectivity index (χ0n) is 17.2. The maximum absolute atomic E-state index is 14.2. The molecule has 1 aromatic carbocycles. The molecule has 4 N–H and O–H groups in total. The van der Waals surface area contributed by atoms with E-state index in [1.54, 1.807) is 0 Å². The number of ketones is 1. The number of hydrogen-bond donors (Lipinski definition) is 3. The number of rotatable bonds is 6. The summed E-state index contributed by atoms with van der Waals surface area (Å²) in [4.78, 5) is 29.7. The van der Waals surface area contributed by atoms with Crippen LogP contribution in [0.2, 0.25) is 0 Å². The molecular formula is C19H22FN3O8. The number of benzene rings is 1. The van der Waals surface area contributed by atoms with Crippen LogP contribution in [0.1, 0.15) is 17.3 Å².